The van der Waals surface area contributed by atoms with Gasteiger partial charge in [-0.1, -0.05) is 42.5 Å². The molecule has 0 fully saturated rings. The van der Waals surface area contributed by atoms with Crippen molar-refractivity contribution in [2.45, 2.75) is 31.6 Å². The lowest BCUT2D eigenvalue weighted by Gasteiger charge is -2.30. The number of hydrogen-bond donors (Lipinski definition) is 0. The Morgan fingerprint density at radius 1 is 0.952 bits per heavy atom. The molecule has 0 saturated carbocycles. The predicted octanol–water partition coefficient (Wildman–Crippen LogP) is 5.10. The van der Waals surface area contributed by atoms with Gasteiger partial charge in [-0.05, 0) is 37.1 Å². The number of halogens is 2. The van der Waals surface area contributed by atoms with Gasteiger partial charge in [-0.2, -0.15) is 5.26 Å². The van der Waals surface area contributed by atoms with E-state index in [0.29, 0.717) is 16.7 Å². The molecule has 108 valence electrons. The van der Waals surface area contributed by atoms with Crippen molar-refractivity contribution < 1.29 is 8.78 Å². The van der Waals surface area contributed by atoms with Crippen LogP contribution in [-0.4, -0.2) is 5.67 Å². The Kier molecular flexibility index (Phi) is 4.37. The van der Waals surface area contributed by atoms with E-state index in [2.05, 4.69) is 0 Å². The normalized spacial score (nSPS) is 14.2. The smallest absolute Gasteiger partial charge is 0.135 e. The number of rotatable bonds is 4. The third kappa shape index (κ3) is 3.46. The summed E-state index contributed by atoms with van der Waals surface area (Å²) in [5.41, 5.74) is -0.230. The second-order valence-corrected chi connectivity index (χ2v) is 5.59. The molecule has 0 unspecified atom stereocenters. The minimum Gasteiger partial charge on any atom is -0.244 e. The Morgan fingerprint density at radius 3 is 2.00 bits per heavy atom. The quantitative estimate of drug-likeness (QED) is 0.766. The largest absolute Gasteiger partial charge is 0.244 e. The van der Waals surface area contributed by atoms with Gasteiger partial charge in [0.05, 0.1) is 17.6 Å². The summed E-state index contributed by atoms with van der Waals surface area (Å²) in [6.07, 6.45) is -1.47. The topological polar surface area (TPSA) is 23.8 Å². The number of alkyl halides is 2. The second-order valence-electron chi connectivity index (χ2n) is 5.59. The van der Waals surface area contributed by atoms with Gasteiger partial charge in [0.2, 0.25) is 0 Å². The van der Waals surface area contributed by atoms with Crippen LogP contribution in [0.5, 0.6) is 0 Å². The van der Waals surface area contributed by atoms with Crippen molar-refractivity contribution >= 4 is 0 Å². The minimum absolute atomic E-state index is 0.383. The molecule has 2 aromatic carbocycles. The van der Waals surface area contributed by atoms with E-state index in [-0.39, 0.29) is 0 Å². The molecule has 0 aliphatic heterocycles. The monoisotopic (exact) mass is 285 g/mol. The number of benzene rings is 2. The molecule has 2 atom stereocenters. The summed E-state index contributed by atoms with van der Waals surface area (Å²) in [6.45, 7) is 2.78. The summed E-state index contributed by atoms with van der Waals surface area (Å²) in [5.74, 6) is -0.897. The summed E-state index contributed by atoms with van der Waals surface area (Å²) in [7, 11) is 0. The Morgan fingerprint density at radius 2 is 1.52 bits per heavy atom. The molecule has 0 aliphatic rings. The Balaban J connectivity index is 2.39. The molecular weight excluding hydrogens is 268 g/mol. The third-order valence-corrected chi connectivity index (χ3v) is 3.55. The van der Waals surface area contributed by atoms with Gasteiger partial charge >= 0.3 is 0 Å². The predicted molar refractivity (Wildman–Crippen MR) is 79.4 cm³/mol. The van der Waals surface area contributed by atoms with Gasteiger partial charge in [0.15, 0.2) is 0 Å². The van der Waals surface area contributed by atoms with E-state index in [9.17, 15) is 8.78 Å². The molecule has 2 rings (SSSR count). The minimum atomic E-state index is -1.70. The lowest BCUT2D eigenvalue weighted by atomic mass is 9.80. The van der Waals surface area contributed by atoms with E-state index in [1.54, 1.807) is 48.5 Å². The fourth-order valence-corrected chi connectivity index (χ4v) is 2.51. The fourth-order valence-electron chi connectivity index (χ4n) is 2.51. The first-order chi connectivity index (χ1) is 9.93. The van der Waals surface area contributed by atoms with E-state index >= 15 is 0 Å². The van der Waals surface area contributed by atoms with Crippen LogP contribution in [0.25, 0.3) is 0 Å². The summed E-state index contributed by atoms with van der Waals surface area (Å²) in [5, 5.41) is 8.78. The van der Waals surface area contributed by atoms with Crippen LogP contribution in [0.15, 0.2) is 54.6 Å². The van der Waals surface area contributed by atoms with Crippen molar-refractivity contribution in [3.63, 3.8) is 0 Å². The molecule has 0 spiro atoms. The van der Waals surface area contributed by atoms with Gasteiger partial charge in [0.1, 0.15) is 11.8 Å². The molecule has 0 saturated heterocycles. The maximum atomic E-state index is 14.9. The molecule has 0 amide bonds. The summed E-state index contributed by atoms with van der Waals surface area (Å²) >= 11 is 0. The zero-order chi connectivity index (χ0) is 15.5. The van der Waals surface area contributed by atoms with Gasteiger partial charge in [0.25, 0.3) is 0 Å². The average molecular weight is 285 g/mol. The molecule has 0 radical (unpaired) electrons. The van der Waals surface area contributed by atoms with Gasteiger partial charge < -0.3 is 0 Å². The maximum absolute atomic E-state index is 14.9. The summed E-state index contributed by atoms with van der Waals surface area (Å²) < 4.78 is 29.4. The Labute approximate surface area is 123 Å². The van der Waals surface area contributed by atoms with E-state index in [0.717, 1.165) is 0 Å². The first kappa shape index (κ1) is 15.2. The van der Waals surface area contributed by atoms with Crippen molar-refractivity contribution in [2.24, 2.45) is 0 Å². The number of nitriles is 1. The third-order valence-electron chi connectivity index (χ3n) is 3.55. The fraction of sp³-hybridized carbons (Fsp3) is 0.278. The summed E-state index contributed by atoms with van der Waals surface area (Å²) in [4.78, 5) is 0. The first-order valence-electron chi connectivity index (χ1n) is 6.81. The van der Waals surface area contributed by atoms with Crippen molar-refractivity contribution in [3.05, 3.63) is 71.3 Å². The van der Waals surface area contributed by atoms with Gasteiger partial charge in [-0.25, -0.2) is 8.78 Å². The highest BCUT2D eigenvalue weighted by Gasteiger charge is 2.38. The molecule has 0 bridgehead atoms. The van der Waals surface area contributed by atoms with Crippen LogP contribution in [-0.2, 0) is 0 Å². The summed E-state index contributed by atoms with van der Waals surface area (Å²) in [6, 6.07) is 17.0. The molecule has 21 heavy (non-hydrogen) atoms. The van der Waals surface area contributed by atoms with Crippen LogP contribution in [0.1, 0.15) is 42.6 Å². The lowest BCUT2D eigenvalue weighted by molar-refractivity contribution is 0.108. The number of hydrogen-bond acceptors (Lipinski definition) is 1. The van der Waals surface area contributed by atoms with E-state index < -0.39 is 17.8 Å². The van der Waals surface area contributed by atoms with Crippen LogP contribution < -0.4 is 0 Å². The molecular formula is C18H17F2N. The zero-order valence-corrected chi connectivity index (χ0v) is 12.1. The lowest BCUT2D eigenvalue weighted by Crippen LogP contribution is -2.27. The van der Waals surface area contributed by atoms with Gasteiger partial charge in [-0.15, -0.1) is 0 Å². The maximum Gasteiger partial charge on any atom is 0.135 e. The van der Waals surface area contributed by atoms with Crippen LogP contribution in [0.3, 0.4) is 0 Å². The standard InChI is InChI=1S/C18H17F2N/c1-18(2,20)16(14-6-4-3-5-7-14)17(19)15-10-8-13(12-21)9-11-15/h3-11,16-17H,1-2H3/t16-,17-/m1/s1. The van der Waals surface area contributed by atoms with E-state index in [1.807, 2.05) is 12.1 Å². The SMILES string of the molecule is CC(C)(F)[C@H](c1ccccc1)[C@H](F)c1ccc(C#N)cc1. The first-order valence-corrected chi connectivity index (χ1v) is 6.81. The van der Waals surface area contributed by atoms with Crippen molar-refractivity contribution in [1.29, 1.82) is 5.26 Å². The highest BCUT2D eigenvalue weighted by atomic mass is 19.2. The molecule has 3 heteroatoms. The van der Waals surface area contributed by atoms with E-state index in [4.69, 9.17) is 5.26 Å². The van der Waals surface area contributed by atoms with Gasteiger partial charge in [0, 0.05) is 0 Å². The molecule has 2 aromatic rings. The highest BCUT2D eigenvalue weighted by Crippen LogP contribution is 2.43. The van der Waals surface area contributed by atoms with Gasteiger partial charge in [-0.3, -0.25) is 0 Å². The molecule has 1 nitrogen and oxygen atoms in total. The van der Waals surface area contributed by atoms with Crippen molar-refractivity contribution in [2.75, 3.05) is 0 Å². The van der Waals surface area contributed by atoms with E-state index in [1.165, 1.54) is 13.8 Å². The van der Waals surface area contributed by atoms with Crippen LogP contribution in [0.2, 0.25) is 0 Å². The average Bonchev–Trinajstić information content (AvgIpc) is 2.47. The molecule has 0 N–H and O–H groups in total. The number of nitrogens with zero attached hydrogens (tertiary/aromatic N) is 1. The molecule has 0 aliphatic carbocycles. The van der Waals surface area contributed by atoms with Crippen molar-refractivity contribution in [3.8, 4) is 6.07 Å². The highest BCUT2D eigenvalue weighted by molar-refractivity contribution is 5.35. The zero-order valence-electron chi connectivity index (χ0n) is 12.1. The molecule has 0 aromatic heterocycles. The molecule has 0 heterocycles. The second kappa shape index (κ2) is 6.05. The van der Waals surface area contributed by atoms with Crippen LogP contribution in [0.4, 0.5) is 8.78 Å². The Hall–Kier alpha value is -2.21. The van der Waals surface area contributed by atoms with Crippen LogP contribution >= 0.6 is 0 Å². The van der Waals surface area contributed by atoms with Crippen molar-refractivity contribution in [1.82, 2.24) is 0 Å². The Bertz CT molecular complexity index is 621. The van der Waals surface area contributed by atoms with Crippen LogP contribution in [0, 0.1) is 11.3 Å².